The molecule has 142 valence electrons. The zero-order valence-electron chi connectivity index (χ0n) is 15.0. The molecule has 1 aliphatic carbocycles. The number of carbonyl (C=O) groups is 4. The van der Waals surface area contributed by atoms with Gasteiger partial charge >= 0.3 is 5.97 Å². The minimum absolute atomic E-state index is 0.00218. The second kappa shape index (κ2) is 10.9. The van der Waals surface area contributed by atoms with Gasteiger partial charge in [0.25, 0.3) is 0 Å². The Morgan fingerprint density at radius 3 is 2.12 bits per heavy atom. The molecule has 0 radical (unpaired) electrons. The van der Waals surface area contributed by atoms with E-state index in [1.165, 1.54) is 11.8 Å². The van der Waals surface area contributed by atoms with Crippen LogP contribution in [-0.2, 0) is 19.2 Å². The van der Waals surface area contributed by atoms with Crippen LogP contribution in [0, 0.1) is 11.8 Å². The average Bonchev–Trinajstić information content (AvgIpc) is 3.08. The first-order chi connectivity index (χ1) is 11.7. The molecule has 0 aliphatic heterocycles. The van der Waals surface area contributed by atoms with E-state index in [1.807, 2.05) is 0 Å². The van der Waals surface area contributed by atoms with Crippen LogP contribution >= 0.6 is 23.5 Å². The lowest BCUT2D eigenvalue weighted by Crippen LogP contribution is -2.45. The fraction of sp³-hybridized carbons (Fsp3) is 0.765. The number of hydrogen-bond acceptors (Lipinski definition) is 6. The van der Waals surface area contributed by atoms with Gasteiger partial charge in [-0.1, -0.05) is 50.2 Å². The number of hydrogen-bond donors (Lipinski definition) is 1. The lowest BCUT2D eigenvalue weighted by atomic mass is 10.1. The third-order valence-corrected chi connectivity index (χ3v) is 6.62. The molecule has 0 aromatic heterocycles. The second-order valence-electron chi connectivity index (χ2n) is 6.53. The maximum atomic E-state index is 12.7. The predicted octanol–water partition coefficient (Wildman–Crippen LogP) is 2.65. The van der Waals surface area contributed by atoms with Gasteiger partial charge in [0.1, 0.15) is 6.54 Å². The fourth-order valence-electron chi connectivity index (χ4n) is 2.76. The van der Waals surface area contributed by atoms with E-state index in [1.54, 1.807) is 13.8 Å². The summed E-state index contributed by atoms with van der Waals surface area (Å²) in [4.78, 5) is 48.3. The van der Waals surface area contributed by atoms with Gasteiger partial charge < -0.3 is 10.0 Å². The Bertz CT molecular complexity index is 505. The molecule has 6 nitrogen and oxygen atoms in total. The van der Waals surface area contributed by atoms with Gasteiger partial charge in [0.05, 0.1) is 0 Å². The van der Waals surface area contributed by atoms with Gasteiger partial charge in [0.2, 0.25) is 5.91 Å². The molecule has 1 amide bonds. The second-order valence-corrected chi connectivity index (χ2v) is 8.75. The van der Waals surface area contributed by atoms with Crippen molar-refractivity contribution < 1.29 is 24.3 Å². The van der Waals surface area contributed by atoms with Gasteiger partial charge in [-0.2, -0.15) is 0 Å². The van der Waals surface area contributed by atoms with E-state index in [0.29, 0.717) is 11.5 Å². The summed E-state index contributed by atoms with van der Waals surface area (Å²) in [6, 6.07) is -0.00218. The summed E-state index contributed by atoms with van der Waals surface area (Å²) < 4.78 is 0. The van der Waals surface area contributed by atoms with E-state index in [4.69, 9.17) is 5.11 Å². The third-order valence-electron chi connectivity index (χ3n) is 4.19. The number of rotatable bonds is 9. The lowest BCUT2D eigenvalue weighted by Gasteiger charge is -2.29. The van der Waals surface area contributed by atoms with Crippen LogP contribution in [0.25, 0.3) is 0 Å². The van der Waals surface area contributed by atoms with Crippen LogP contribution in [0.4, 0.5) is 0 Å². The predicted molar refractivity (Wildman–Crippen MR) is 101 cm³/mol. The van der Waals surface area contributed by atoms with Gasteiger partial charge in [-0.3, -0.25) is 19.2 Å². The highest BCUT2D eigenvalue weighted by Crippen LogP contribution is 2.26. The molecule has 1 rings (SSSR count). The summed E-state index contributed by atoms with van der Waals surface area (Å²) in [7, 11) is 0. The molecule has 1 N–H and O–H groups in total. The number of carbonyl (C=O) groups excluding carboxylic acids is 3. The van der Waals surface area contributed by atoms with Gasteiger partial charge in [0.15, 0.2) is 10.2 Å². The molecular formula is C17H27NO5S2. The minimum Gasteiger partial charge on any atom is -0.480 e. The topological polar surface area (TPSA) is 91.8 Å². The summed E-state index contributed by atoms with van der Waals surface area (Å²) >= 11 is 2.22. The molecule has 1 fully saturated rings. The van der Waals surface area contributed by atoms with E-state index >= 15 is 0 Å². The van der Waals surface area contributed by atoms with Crippen molar-refractivity contribution in [1.82, 2.24) is 4.90 Å². The Morgan fingerprint density at radius 2 is 1.60 bits per heavy atom. The molecular weight excluding hydrogens is 362 g/mol. The quantitative estimate of drug-likeness (QED) is 0.648. The van der Waals surface area contributed by atoms with Gasteiger partial charge in [-0.25, -0.2) is 0 Å². The number of thioether (sulfide) groups is 2. The Labute approximate surface area is 157 Å². The SMILES string of the molecule is CC(=O)SCC(C)C(=O)SCC(C)C(=O)N(CC(=O)O)C1CCCC1. The molecule has 0 bridgehead atoms. The Hall–Kier alpha value is -1.02. The van der Waals surface area contributed by atoms with Gasteiger partial charge in [-0.05, 0) is 12.8 Å². The van der Waals surface area contributed by atoms with Gasteiger partial charge in [0, 0.05) is 36.3 Å². The van der Waals surface area contributed by atoms with Crippen molar-refractivity contribution in [3.05, 3.63) is 0 Å². The normalized spacial score (nSPS) is 17.1. The van der Waals surface area contributed by atoms with Crippen LogP contribution in [0.1, 0.15) is 46.5 Å². The maximum Gasteiger partial charge on any atom is 0.323 e. The molecule has 2 atom stereocenters. The first-order valence-electron chi connectivity index (χ1n) is 8.54. The summed E-state index contributed by atoms with van der Waals surface area (Å²) in [5.74, 6) is -1.11. The van der Waals surface area contributed by atoms with Crippen LogP contribution in [0.2, 0.25) is 0 Å². The van der Waals surface area contributed by atoms with Crippen molar-refractivity contribution >= 4 is 45.6 Å². The van der Waals surface area contributed by atoms with Crippen molar-refractivity contribution in [1.29, 1.82) is 0 Å². The number of nitrogens with zero attached hydrogens (tertiary/aromatic N) is 1. The van der Waals surface area contributed by atoms with E-state index in [-0.39, 0.29) is 34.6 Å². The fourth-order valence-corrected chi connectivity index (χ4v) is 4.43. The van der Waals surface area contributed by atoms with Crippen LogP contribution in [0.3, 0.4) is 0 Å². The average molecular weight is 390 g/mol. The summed E-state index contributed by atoms with van der Waals surface area (Å²) in [5, 5.41) is 9.02. The largest absolute Gasteiger partial charge is 0.480 e. The molecule has 1 aliphatic rings. The Balaban J connectivity index is 2.53. The molecule has 0 aromatic carbocycles. The van der Waals surface area contributed by atoms with Crippen molar-refractivity contribution in [2.24, 2.45) is 11.8 Å². The highest BCUT2D eigenvalue weighted by atomic mass is 32.2. The lowest BCUT2D eigenvalue weighted by molar-refractivity contribution is -0.147. The molecule has 0 heterocycles. The van der Waals surface area contributed by atoms with Crippen molar-refractivity contribution in [2.75, 3.05) is 18.1 Å². The molecule has 8 heteroatoms. The van der Waals surface area contributed by atoms with E-state index in [2.05, 4.69) is 0 Å². The minimum atomic E-state index is -1.01. The van der Waals surface area contributed by atoms with Gasteiger partial charge in [-0.15, -0.1) is 0 Å². The van der Waals surface area contributed by atoms with Crippen molar-refractivity contribution in [3.63, 3.8) is 0 Å². The standard InChI is InChI=1S/C17H27NO5S2/c1-11(9-25-17(23)12(2)10-24-13(3)19)16(22)18(8-15(20)21)14-6-4-5-7-14/h11-12,14H,4-10H2,1-3H3,(H,20,21). The number of carboxylic acid groups (broad SMARTS) is 1. The van der Waals surface area contributed by atoms with Crippen LogP contribution in [-0.4, -0.2) is 56.2 Å². The molecule has 0 spiro atoms. The van der Waals surface area contributed by atoms with E-state index in [9.17, 15) is 19.2 Å². The van der Waals surface area contributed by atoms with Crippen molar-refractivity contribution in [2.45, 2.75) is 52.5 Å². The summed E-state index contributed by atoms with van der Waals surface area (Å²) in [6.07, 6.45) is 3.72. The molecule has 0 saturated heterocycles. The maximum absolute atomic E-state index is 12.7. The van der Waals surface area contributed by atoms with Crippen LogP contribution < -0.4 is 0 Å². The van der Waals surface area contributed by atoms with Crippen LogP contribution in [0.5, 0.6) is 0 Å². The molecule has 25 heavy (non-hydrogen) atoms. The zero-order chi connectivity index (χ0) is 19.0. The Kier molecular flexibility index (Phi) is 9.56. The molecule has 2 unspecified atom stereocenters. The highest BCUT2D eigenvalue weighted by molar-refractivity contribution is 8.14. The zero-order valence-corrected chi connectivity index (χ0v) is 16.7. The van der Waals surface area contributed by atoms with Crippen molar-refractivity contribution in [3.8, 4) is 0 Å². The number of amides is 1. The number of aliphatic carboxylic acids is 1. The molecule has 1 saturated carbocycles. The first-order valence-corrected chi connectivity index (χ1v) is 10.5. The summed E-state index contributed by atoms with van der Waals surface area (Å²) in [5.41, 5.74) is 0. The van der Waals surface area contributed by atoms with E-state index in [0.717, 1.165) is 49.2 Å². The highest BCUT2D eigenvalue weighted by Gasteiger charge is 2.31. The summed E-state index contributed by atoms with van der Waals surface area (Å²) in [6.45, 7) is 4.70. The van der Waals surface area contributed by atoms with Crippen LogP contribution in [0.15, 0.2) is 0 Å². The number of carboxylic acids is 1. The first kappa shape index (κ1) is 22.0. The molecule has 0 aromatic rings. The van der Waals surface area contributed by atoms with E-state index < -0.39 is 11.9 Å². The monoisotopic (exact) mass is 389 g/mol. The Morgan fingerprint density at radius 1 is 1.04 bits per heavy atom. The smallest absolute Gasteiger partial charge is 0.323 e. The third kappa shape index (κ3) is 7.81.